The topological polar surface area (TPSA) is 38.3 Å². The average molecular weight is 225 g/mol. The van der Waals surface area contributed by atoms with Crippen LogP contribution in [0.25, 0.3) is 0 Å². The van der Waals surface area contributed by atoms with Crippen LogP contribution in [0.1, 0.15) is 18.1 Å². The zero-order valence-electron chi connectivity index (χ0n) is 9.71. The van der Waals surface area contributed by atoms with Crippen LogP contribution in [0.4, 0.5) is 4.39 Å². The number of hydrogen-bond donors (Lipinski definition) is 1. The first-order valence-electron chi connectivity index (χ1n) is 5.11. The van der Waals surface area contributed by atoms with Crippen LogP contribution < -0.4 is 5.32 Å². The minimum absolute atomic E-state index is 0.231. The van der Waals surface area contributed by atoms with E-state index in [-0.39, 0.29) is 11.8 Å². The number of carbonyl (C=O) groups is 1. The van der Waals surface area contributed by atoms with Gasteiger partial charge in [0.2, 0.25) is 0 Å². The lowest BCUT2D eigenvalue weighted by Gasteiger charge is -2.11. The van der Waals surface area contributed by atoms with Gasteiger partial charge in [0.1, 0.15) is 11.9 Å². The van der Waals surface area contributed by atoms with E-state index in [1.165, 1.54) is 13.2 Å². The van der Waals surface area contributed by atoms with Crippen molar-refractivity contribution in [3.63, 3.8) is 0 Å². The van der Waals surface area contributed by atoms with Crippen LogP contribution in [0.2, 0.25) is 0 Å². The average Bonchev–Trinajstić information content (AvgIpc) is 2.29. The molecule has 0 aliphatic carbocycles. The first-order chi connectivity index (χ1) is 7.54. The molecule has 16 heavy (non-hydrogen) atoms. The molecule has 1 aromatic rings. The van der Waals surface area contributed by atoms with E-state index < -0.39 is 6.04 Å². The molecule has 0 spiro atoms. The number of esters is 1. The van der Waals surface area contributed by atoms with E-state index in [1.54, 1.807) is 19.9 Å². The number of aryl methyl sites for hydroxylation is 1. The molecule has 88 valence electrons. The molecule has 0 bridgehead atoms. The molecule has 1 aromatic carbocycles. The lowest BCUT2D eigenvalue weighted by molar-refractivity contribution is -0.142. The minimum atomic E-state index is -0.394. The molecular formula is C12H16FNO2. The number of rotatable bonds is 4. The van der Waals surface area contributed by atoms with Crippen molar-refractivity contribution in [2.75, 3.05) is 7.11 Å². The van der Waals surface area contributed by atoms with Crippen molar-refractivity contribution in [1.29, 1.82) is 0 Å². The van der Waals surface area contributed by atoms with Crippen LogP contribution in [0, 0.1) is 12.7 Å². The second-order valence-electron chi connectivity index (χ2n) is 3.71. The third-order valence-corrected chi connectivity index (χ3v) is 2.40. The van der Waals surface area contributed by atoms with E-state index in [0.717, 1.165) is 5.56 Å². The fourth-order valence-electron chi connectivity index (χ4n) is 1.28. The Balaban J connectivity index is 2.55. The maximum absolute atomic E-state index is 13.2. The van der Waals surface area contributed by atoms with Gasteiger partial charge >= 0.3 is 5.97 Å². The SMILES string of the molecule is COC(=O)[C@H](C)NCc1ccc(C)c(F)c1. The summed E-state index contributed by atoms with van der Waals surface area (Å²) >= 11 is 0. The zero-order valence-corrected chi connectivity index (χ0v) is 9.71. The predicted octanol–water partition coefficient (Wildman–Crippen LogP) is 1.79. The van der Waals surface area contributed by atoms with Crippen LogP contribution in [-0.2, 0) is 16.1 Å². The van der Waals surface area contributed by atoms with E-state index in [0.29, 0.717) is 12.1 Å². The van der Waals surface area contributed by atoms with E-state index in [9.17, 15) is 9.18 Å². The van der Waals surface area contributed by atoms with E-state index in [2.05, 4.69) is 10.1 Å². The first-order valence-corrected chi connectivity index (χ1v) is 5.11. The van der Waals surface area contributed by atoms with Crippen molar-refractivity contribution in [2.24, 2.45) is 0 Å². The summed E-state index contributed by atoms with van der Waals surface area (Å²) in [6, 6.07) is 4.62. The first kappa shape index (κ1) is 12.6. The Bertz CT molecular complexity index is 379. The highest BCUT2D eigenvalue weighted by atomic mass is 19.1. The summed E-state index contributed by atoms with van der Waals surface area (Å²) in [5.41, 5.74) is 1.42. The summed E-state index contributed by atoms with van der Waals surface area (Å²) in [6.07, 6.45) is 0. The number of hydrogen-bond acceptors (Lipinski definition) is 3. The van der Waals surface area contributed by atoms with Gasteiger partial charge in [0, 0.05) is 6.54 Å². The van der Waals surface area contributed by atoms with Crippen molar-refractivity contribution < 1.29 is 13.9 Å². The molecular weight excluding hydrogens is 209 g/mol. The minimum Gasteiger partial charge on any atom is -0.468 e. The summed E-state index contributed by atoms with van der Waals surface area (Å²) in [7, 11) is 1.34. The molecule has 3 nitrogen and oxygen atoms in total. The van der Waals surface area contributed by atoms with Crippen LogP contribution >= 0.6 is 0 Å². The number of ether oxygens (including phenoxy) is 1. The fraction of sp³-hybridized carbons (Fsp3) is 0.417. The number of benzene rings is 1. The highest BCUT2D eigenvalue weighted by Gasteiger charge is 2.11. The number of halogens is 1. The summed E-state index contributed by atoms with van der Waals surface area (Å²) < 4.78 is 17.8. The normalized spacial score (nSPS) is 12.2. The highest BCUT2D eigenvalue weighted by Crippen LogP contribution is 2.09. The molecule has 1 atom stereocenters. The lowest BCUT2D eigenvalue weighted by atomic mass is 10.1. The van der Waals surface area contributed by atoms with Crippen LogP contribution in [0.15, 0.2) is 18.2 Å². The zero-order chi connectivity index (χ0) is 12.1. The van der Waals surface area contributed by atoms with Gasteiger partial charge in [-0.2, -0.15) is 0 Å². The highest BCUT2D eigenvalue weighted by molar-refractivity contribution is 5.75. The smallest absolute Gasteiger partial charge is 0.322 e. The molecule has 0 fully saturated rings. The molecule has 0 aliphatic heterocycles. The van der Waals surface area contributed by atoms with Gasteiger partial charge in [0.15, 0.2) is 0 Å². The summed E-state index contributed by atoms with van der Waals surface area (Å²) in [6.45, 7) is 3.85. The molecule has 0 aromatic heterocycles. The van der Waals surface area contributed by atoms with E-state index in [4.69, 9.17) is 0 Å². The Morgan fingerprint density at radius 1 is 1.56 bits per heavy atom. The summed E-state index contributed by atoms with van der Waals surface area (Å²) in [5.74, 6) is -0.558. The monoisotopic (exact) mass is 225 g/mol. The summed E-state index contributed by atoms with van der Waals surface area (Å²) in [4.78, 5) is 11.1. The van der Waals surface area contributed by atoms with Gasteiger partial charge in [-0.3, -0.25) is 4.79 Å². The van der Waals surface area contributed by atoms with Crippen molar-refractivity contribution in [3.05, 3.63) is 35.1 Å². The van der Waals surface area contributed by atoms with Gasteiger partial charge in [-0.15, -0.1) is 0 Å². The quantitative estimate of drug-likeness (QED) is 0.794. The molecule has 4 heteroatoms. The molecule has 0 radical (unpaired) electrons. The number of carbonyl (C=O) groups excluding carboxylic acids is 1. The lowest BCUT2D eigenvalue weighted by Crippen LogP contribution is -2.34. The number of methoxy groups -OCH3 is 1. The van der Waals surface area contributed by atoms with E-state index >= 15 is 0 Å². The predicted molar refractivity (Wildman–Crippen MR) is 59.5 cm³/mol. The molecule has 0 saturated heterocycles. The number of nitrogens with one attached hydrogen (secondary N) is 1. The Morgan fingerprint density at radius 2 is 2.25 bits per heavy atom. The van der Waals surface area contributed by atoms with Crippen LogP contribution in [0.3, 0.4) is 0 Å². The molecule has 0 heterocycles. The molecule has 0 aliphatic rings. The molecule has 0 saturated carbocycles. The van der Waals surface area contributed by atoms with Gasteiger partial charge in [-0.1, -0.05) is 12.1 Å². The van der Waals surface area contributed by atoms with Gasteiger partial charge in [-0.05, 0) is 31.0 Å². The van der Waals surface area contributed by atoms with E-state index in [1.807, 2.05) is 6.07 Å². The van der Waals surface area contributed by atoms with Crippen LogP contribution in [0.5, 0.6) is 0 Å². The molecule has 1 rings (SSSR count). The standard InChI is InChI=1S/C12H16FNO2/c1-8-4-5-10(6-11(8)13)7-14-9(2)12(15)16-3/h4-6,9,14H,7H2,1-3H3/t9-/m0/s1. The second kappa shape index (κ2) is 5.61. The van der Waals surface area contributed by atoms with Crippen molar-refractivity contribution in [2.45, 2.75) is 26.4 Å². The van der Waals surface area contributed by atoms with Crippen LogP contribution in [-0.4, -0.2) is 19.1 Å². The van der Waals surface area contributed by atoms with Crippen molar-refractivity contribution in [1.82, 2.24) is 5.32 Å². The Hall–Kier alpha value is -1.42. The maximum atomic E-state index is 13.2. The van der Waals surface area contributed by atoms with Gasteiger partial charge < -0.3 is 10.1 Å². The van der Waals surface area contributed by atoms with Gasteiger partial charge in [-0.25, -0.2) is 4.39 Å². The van der Waals surface area contributed by atoms with Gasteiger partial charge in [0.05, 0.1) is 7.11 Å². The van der Waals surface area contributed by atoms with Crippen molar-refractivity contribution in [3.8, 4) is 0 Å². The molecule has 1 N–H and O–H groups in total. The third-order valence-electron chi connectivity index (χ3n) is 2.40. The molecule has 0 amide bonds. The Labute approximate surface area is 94.6 Å². The summed E-state index contributed by atoms with van der Waals surface area (Å²) in [5, 5.41) is 2.96. The maximum Gasteiger partial charge on any atom is 0.322 e. The van der Waals surface area contributed by atoms with Crippen molar-refractivity contribution >= 4 is 5.97 Å². The fourth-order valence-corrected chi connectivity index (χ4v) is 1.28. The van der Waals surface area contributed by atoms with Gasteiger partial charge in [0.25, 0.3) is 0 Å². The Morgan fingerprint density at radius 3 is 2.81 bits per heavy atom. The largest absolute Gasteiger partial charge is 0.468 e. The molecule has 0 unspecified atom stereocenters. The Kier molecular flexibility index (Phi) is 4.43. The second-order valence-corrected chi connectivity index (χ2v) is 3.71. The third kappa shape index (κ3) is 3.31.